The first kappa shape index (κ1) is 12.6. The number of rotatable bonds is 3. The van der Waals surface area contributed by atoms with E-state index in [1.807, 2.05) is 0 Å². The lowest BCUT2D eigenvalue weighted by atomic mass is 10.3. The molecule has 0 saturated carbocycles. The van der Waals surface area contributed by atoms with Crippen molar-refractivity contribution in [3.05, 3.63) is 41.1 Å². The molecule has 0 bridgehead atoms. The average Bonchev–Trinajstić information content (AvgIpc) is 2.30. The third kappa shape index (κ3) is 2.87. The van der Waals surface area contributed by atoms with Gasteiger partial charge in [0.15, 0.2) is 0 Å². The predicted octanol–water partition coefficient (Wildman–Crippen LogP) is 3.33. The van der Waals surface area contributed by atoms with Crippen LogP contribution in [-0.2, 0) is 0 Å². The number of methoxy groups -OCH3 is 1. The Bertz CT molecular complexity index is 557. The number of ether oxygens (including phenoxy) is 1. The fraction of sp³-hybridized carbons (Fsp3) is 0.167. The molecule has 0 aliphatic heterocycles. The Hall–Kier alpha value is -1.88. The van der Waals surface area contributed by atoms with Crippen LogP contribution in [0.1, 0.15) is 5.82 Å². The van der Waals surface area contributed by atoms with Crippen molar-refractivity contribution < 1.29 is 9.13 Å². The van der Waals surface area contributed by atoms with Gasteiger partial charge in [-0.15, -0.1) is 0 Å². The number of benzene rings is 1. The molecule has 2 rings (SSSR count). The Balaban J connectivity index is 2.33. The summed E-state index contributed by atoms with van der Waals surface area (Å²) in [5, 5.41) is 3.14. The molecule has 1 aromatic heterocycles. The molecule has 0 aliphatic rings. The second-order valence-electron chi connectivity index (χ2n) is 3.59. The molecule has 6 heteroatoms. The van der Waals surface area contributed by atoms with E-state index in [4.69, 9.17) is 16.3 Å². The van der Waals surface area contributed by atoms with E-state index in [0.29, 0.717) is 22.5 Å². The minimum absolute atomic E-state index is 0.267. The number of nitrogens with zero attached hydrogens (tertiary/aromatic N) is 2. The molecule has 4 nitrogen and oxygen atoms in total. The second kappa shape index (κ2) is 5.18. The third-order valence-electron chi connectivity index (χ3n) is 2.24. The van der Waals surface area contributed by atoms with E-state index in [2.05, 4.69) is 15.3 Å². The highest BCUT2D eigenvalue weighted by Gasteiger charge is 2.06. The van der Waals surface area contributed by atoms with Gasteiger partial charge >= 0.3 is 0 Å². The van der Waals surface area contributed by atoms with Gasteiger partial charge in [-0.05, 0) is 19.1 Å². The Kier molecular flexibility index (Phi) is 3.62. The molecule has 94 valence electrons. The Morgan fingerprint density at radius 1 is 1.28 bits per heavy atom. The first-order valence-electron chi connectivity index (χ1n) is 5.20. The summed E-state index contributed by atoms with van der Waals surface area (Å²) in [6.45, 7) is 1.71. The summed E-state index contributed by atoms with van der Waals surface area (Å²) in [5.41, 5.74) is 0.267. The molecule has 0 unspecified atom stereocenters. The summed E-state index contributed by atoms with van der Waals surface area (Å²) in [4.78, 5) is 8.04. The zero-order chi connectivity index (χ0) is 13.1. The van der Waals surface area contributed by atoms with Gasteiger partial charge in [0.05, 0.1) is 12.8 Å². The van der Waals surface area contributed by atoms with Crippen molar-refractivity contribution in [2.45, 2.75) is 6.92 Å². The van der Waals surface area contributed by atoms with Crippen LogP contribution in [0.2, 0.25) is 5.15 Å². The van der Waals surface area contributed by atoms with Crippen molar-refractivity contribution in [3.63, 3.8) is 0 Å². The summed E-state index contributed by atoms with van der Waals surface area (Å²) in [6.07, 6.45) is 0. The van der Waals surface area contributed by atoms with Crippen LogP contribution in [0, 0.1) is 12.7 Å². The van der Waals surface area contributed by atoms with Gasteiger partial charge in [0.1, 0.15) is 28.4 Å². The van der Waals surface area contributed by atoms with Crippen molar-refractivity contribution in [1.82, 2.24) is 9.97 Å². The molecule has 0 saturated heterocycles. The minimum Gasteiger partial charge on any atom is -0.497 e. The van der Waals surface area contributed by atoms with Gasteiger partial charge in [-0.1, -0.05) is 11.6 Å². The van der Waals surface area contributed by atoms with Crippen LogP contribution in [0.25, 0.3) is 0 Å². The highest BCUT2D eigenvalue weighted by Crippen LogP contribution is 2.24. The van der Waals surface area contributed by atoms with Crippen LogP contribution < -0.4 is 10.1 Å². The van der Waals surface area contributed by atoms with Gasteiger partial charge in [0.2, 0.25) is 0 Å². The number of hydrogen-bond donors (Lipinski definition) is 1. The van der Waals surface area contributed by atoms with E-state index in [1.54, 1.807) is 19.1 Å². The van der Waals surface area contributed by atoms with Gasteiger partial charge in [-0.2, -0.15) is 0 Å². The zero-order valence-corrected chi connectivity index (χ0v) is 10.6. The summed E-state index contributed by atoms with van der Waals surface area (Å²) in [7, 11) is 1.52. The maximum absolute atomic E-state index is 13.6. The van der Waals surface area contributed by atoms with E-state index in [9.17, 15) is 4.39 Å². The molecule has 18 heavy (non-hydrogen) atoms. The molecule has 0 radical (unpaired) electrons. The van der Waals surface area contributed by atoms with E-state index >= 15 is 0 Å². The Morgan fingerprint density at radius 3 is 2.72 bits per heavy atom. The first-order valence-corrected chi connectivity index (χ1v) is 5.58. The van der Waals surface area contributed by atoms with Crippen LogP contribution in [-0.4, -0.2) is 17.1 Å². The second-order valence-corrected chi connectivity index (χ2v) is 3.98. The summed E-state index contributed by atoms with van der Waals surface area (Å²) < 4.78 is 18.6. The maximum Gasteiger partial charge on any atom is 0.146 e. The molecule has 0 fully saturated rings. The lowest BCUT2D eigenvalue weighted by Gasteiger charge is -2.09. The van der Waals surface area contributed by atoms with Gasteiger partial charge in [-0.25, -0.2) is 14.4 Å². The van der Waals surface area contributed by atoms with Crippen LogP contribution in [0.5, 0.6) is 5.75 Å². The largest absolute Gasteiger partial charge is 0.497 e. The Labute approximate surface area is 109 Å². The molecule has 2 aromatic rings. The quantitative estimate of drug-likeness (QED) is 0.867. The predicted molar refractivity (Wildman–Crippen MR) is 68.0 cm³/mol. The number of hydrogen-bond acceptors (Lipinski definition) is 4. The molecule has 0 spiro atoms. The standard InChI is InChI=1S/C12H11ClFN3O/c1-7-15-11(13)6-12(16-7)17-10-5-8(18-2)3-4-9(10)14/h3-6H,1-2H3,(H,15,16,17). The van der Waals surface area contributed by atoms with Gasteiger partial charge in [0.25, 0.3) is 0 Å². The van der Waals surface area contributed by atoms with Crippen molar-refractivity contribution in [2.75, 3.05) is 12.4 Å². The van der Waals surface area contributed by atoms with E-state index < -0.39 is 5.82 Å². The van der Waals surface area contributed by atoms with Crippen molar-refractivity contribution >= 4 is 23.1 Å². The van der Waals surface area contributed by atoms with E-state index in [-0.39, 0.29) is 5.69 Å². The zero-order valence-electron chi connectivity index (χ0n) is 9.87. The number of halogens is 2. The normalized spacial score (nSPS) is 10.2. The van der Waals surface area contributed by atoms with Crippen LogP contribution in [0.3, 0.4) is 0 Å². The van der Waals surface area contributed by atoms with Gasteiger partial charge < -0.3 is 10.1 Å². The molecule has 0 aliphatic carbocycles. The van der Waals surface area contributed by atoms with Gasteiger partial charge in [0, 0.05) is 12.1 Å². The molecule has 0 atom stereocenters. The van der Waals surface area contributed by atoms with Crippen molar-refractivity contribution in [3.8, 4) is 5.75 Å². The van der Waals surface area contributed by atoms with E-state index in [0.717, 1.165) is 0 Å². The first-order chi connectivity index (χ1) is 8.58. The highest BCUT2D eigenvalue weighted by molar-refractivity contribution is 6.29. The average molecular weight is 268 g/mol. The molecule has 0 amide bonds. The van der Waals surface area contributed by atoms with E-state index in [1.165, 1.54) is 19.2 Å². The van der Waals surface area contributed by atoms with Crippen molar-refractivity contribution in [2.24, 2.45) is 0 Å². The van der Waals surface area contributed by atoms with Crippen LogP contribution in [0.15, 0.2) is 24.3 Å². The topological polar surface area (TPSA) is 47.0 Å². The fourth-order valence-electron chi connectivity index (χ4n) is 1.46. The number of anilines is 2. The molecular formula is C12H11ClFN3O. The molecule has 1 N–H and O–H groups in total. The number of aromatic nitrogens is 2. The minimum atomic E-state index is -0.400. The van der Waals surface area contributed by atoms with Crippen molar-refractivity contribution in [1.29, 1.82) is 0 Å². The summed E-state index contributed by atoms with van der Waals surface area (Å²) in [6, 6.07) is 5.92. The Morgan fingerprint density at radius 2 is 2.06 bits per heavy atom. The highest BCUT2D eigenvalue weighted by atomic mass is 35.5. The summed E-state index contributed by atoms with van der Waals surface area (Å²) in [5.74, 6) is 1.09. The lowest BCUT2D eigenvalue weighted by molar-refractivity contribution is 0.414. The number of nitrogens with one attached hydrogen (secondary N) is 1. The fourth-order valence-corrected chi connectivity index (χ4v) is 1.69. The summed E-state index contributed by atoms with van der Waals surface area (Å²) >= 11 is 5.81. The van der Waals surface area contributed by atoms with Crippen LogP contribution in [0.4, 0.5) is 15.9 Å². The SMILES string of the molecule is COc1ccc(F)c(Nc2cc(Cl)nc(C)n2)c1. The lowest BCUT2D eigenvalue weighted by Crippen LogP contribution is -1.99. The molecular weight excluding hydrogens is 257 g/mol. The smallest absolute Gasteiger partial charge is 0.146 e. The third-order valence-corrected chi connectivity index (χ3v) is 2.44. The molecule has 1 aromatic carbocycles. The maximum atomic E-state index is 13.6. The monoisotopic (exact) mass is 267 g/mol. The number of aryl methyl sites for hydroxylation is 1. The van der Waals surface area contributed by atoms with Crippen LogP contribution >= 0.6 is 11.6 Å². The van der Waals surface area contributed by atoms with Gasteiger partial charge in [-0.3, -0.25) is 0 Å². The molecule has 1 heterocycles.